The van der Waals surface area contributed by atoms with E-state index in [0.29, 0.717) is 16.3 Å². The van der Waals surface area contributed by atoms with Crippen LogP contribution in [0.25, 0.3) is 5.76 Å². The number of carbonyl (C=O) groups is 1. The summed E-state index contributed by atoms with van der Waals surface area (Å²) in [6.07, 6.45) is 0. The van der Waals surface area contributed by atoms with Crippen molar-refractivity contribution in [3.63, 3.8) is 0 Å². The highest BCUT2D eigenvalue weighted by atomic mass is 35.5. The van der Waals surface area contributed by atoms with Crippen molar-refractivity contribution in [1.29, 1.82) is 5.26 Å². The Bertz CT molecular complexity index is 733. The molecular weight excluding hydrogens is 288 g/mol. The van der Waals surface area contributed by atoms with Gasteiger partial charge in [-0.15, -0.1) is 0 Å². The van der Waals surface area contributed by atoms with Gasteiger partial charge in [-0.2, -0.15) is 5.26 Å². The molecule has 0 aliphatic carbocycles. The molecule has 0 radical (unpaired) electrons. The number of amides is 1. The molecule has 0 heterocycles. The molecule has 2 rings (SSSR count). The number of benzene rings is 2. The van der Waals surface area contributed by atoms with Gasteiger partial charge < -0.3 is 10.4 Å². The van der Waals surface area contributed by atoms with Crippen LogP contribution in [0.2, 0.25) is 5.02 Å². The zero-order chi connectivity index (χ0) is 15.2. The molecule has 2 N–H and O–H groups in total. The van der Waals surface area contributed by atoms with E-state index >= 15 is 0 Å². The molecule has 0 saturated carbocycles. The van der Waals surface area contributed by atoms with Gasteiger partial charge in [0, 0.05) is 16.3 Å². The van der Waals surface area contributed by atoms with E-state index in [4.69, 9.17) is 16.9 Å². The molecule has 2 aromatic carbocycles. The second kappa shape index (κ2) is 6.60. The maximum Gasteiger partial charge on any atom is 0.270 e. The minimum atomic E-state index is -0.693. The molecule has 0 saturated heterocycles. The number of hydrogen-bond acceptors (Lipinski definition) is 3. The molecule has 0 unspecified atom stereocenters. The lowest BCUT2D eigenvalue weighted by molar-refractivity contribution is -0.112. The predicted molar refractivity (Wildman–Crippen MR) is 81.7 cm³/mol. The molecule has 2 aromatic rings. The fourth-order valence-electron chi connectivity index (χ4n) is 1.71. The van der Waals surface area contributed by atoms with Crippen LogP contribution in [0.15, 0.2) is 60.2 Å². The van der Waals surface area contributed by atoms with E-state index < -0.39 is 5.91 Å². The molecule has 0 spiro atoms. The Morgan fingerprint density at radius 2 is 1.86 bits per heavy atom. The number of aliphatic hydroxyl groups is 1. The van der Waals surface area contributed by atoms with Crippen molar-refractivity contribution in [2.75, 3.05) is 5.32 Å². The highest BCUT2D eigenvalue weighted by Gasteiger charge is 2.16. The predicted octanol–water partition coefficient (Wildman–Crippen LogP) is 3.77. The van der Waals surface area contributed by atoms with Gasteiger partial charge in [0.25, 0.3) is 5.91 Å². The van der Waals surface area contributed by atoms with Crippen molar-refractivity contribution in [1.82, 2.24) is 0 Å². The minimum absolute atomic E-state index is 0.360. The van der Waals surface area contributed by atoms with Crippen LogP contribution < -0.4 is 5.32 Å². The zero-order valence-electron chi connectivity index (χ0n) is 10.9. The lowest BCUT2D eigenvalue weighted by atomic mass is 10.1. The molecule has 1 amide bonds. The zero-order valence-corrected chi connectivity index (χ0v) is 11.6. The largest absolute Gasteiger partial charge is 0.506 e. The van der Waals surface area contributed by atoms with Gasteiger partial charge >= 0.3 is 0 Å². The topological polar surface area (TPSA) is 73.1 Å². The Morgan fingerprint density at radius 3 is 2.48 bits per heavy atom. The summed E-state index contributed by atoms with van der Waals surface area (Å²) in [5, 5.41) is 22.1. The fourth-order valence-corrected chi connectivity index (χ4v) is 1.90. The van der Waals surface area contributed by atoms with Crippen LogP contribution in [-0.2, 0) is 4.79 Å². The number of carbonyl (C=O) groups excluding carboxylic acids is 1. The van der Waals surface area contributed by atoms with E-state index in [9.17, 15) is 9.90 Å². The summed E-state index contributed by atoms with van der Waals surface area (Å²) in [5.74, 6) is -1.06. The smallest absolute Gasteiger partial charge is 0.270 e. The van der Waals surface area contributed by atoms with Gasteiger partial charge in [0.1, 0.15) is 11.8 Å². The molecule has 0 aliphatic heterocycles. The molecule has 0 bridgehead atoms. The fraction of sp³-hybridized carbons (Fsp3) is 0. The first-order valence-corrected chi connectivity index (χ1v) is 6.45. The van der Waals surface area contributed by atoms with Crippen LogP contribution in [0.5, 0.6) is 0 Å². The van der Waals surface area contributed by atoms with Crippen LogP contribution >= 0.6 is 11.6 Å². The van der Waals surface area contributed by atoms with Crippen molar-refractivity contribution >= 4 is 29.0 Å². The minimum Gasteiger partial charge on any atom is -0.506 e. The maximum atomic E-state index is 12.1. The van der Waals surface area contributed by atoms with Gasteiger partial charge in [-0.3, -0.25) is 4.79 Å². The molecule has 0 fully saturated rings. The molecule has 0 aliphatic rings. The van der Waals surface area contributed by atoms with E-state index in [-0.39, 0.29) is 11.3 Å². The number of nitriles is 1. The number of rotatable bonds is 3. The van der Waals surface area contributed by atoms with E-state index in [1.165, 1.54) is 0 Å². The lowest BCUT2D eigenvalue weighted by Gasteiger charge is -2.07. The van der Waals surface area contributed by atoms with Crippen molar-refractivity contribution < 1.29 is 9.90 Å². The quantitative estimate of drug-likeness (QED) is 0.514. The first-order valence-electron chi connectivity index (χ1n) is 6.07. The van der Waals surface area contributed by atoms with Gasteiger partial charge in [0.05, 0.1) is 0 Å². The van der Waals surface area contributed by atoms with Crippen molar-refractivity contribution in [2.24, 2.45) is 0 Å². The highest BCUT2D eigenvalue weighted by Crippen LogP contribution is 2.19. The van der Waals surface area contributed by atoms with Gasteiger partial charge in [0.2, 0.25) is 0 Å². The van der Waals surface area contributed by atoms with E-state index in [1.54, 1.807) is 60.7 Å². The number of nitrogens with zero attached hydrogens (tertiary/aromatic N) is 1. The van der Waals surface area contributed by atoms with Crippen LogP contribution in [0.4, 0.5) is 5.69 Å². The normalized spacial score (nSPS) is 11.2. The number of halogens is 1. The first-order chi connectivity index (χ1) is 10.1. The van der Waals surface area contributed by atoms with Crippen LogP contribution in [0, 0.1) is 11.3 Å². The number of nitrogens with one attached hydrogen (secondary N) is 1. The average Bonchev–Trinajstić information content (AvgIpc) is 2.48. The van der Waals surface area contributed by atoms with Crippen molar-refractivity contribution in [2.45, 2.75) is 0 Å². The Hall–Kier alpha value is -2.77. The van der Waals surface area contributed by atoms with Gasteiger partial charge in [0.15, 0.2) is 5.57 Å². The second-order valence-electron chi connectivity index (χ2n) is 4.17. The summed E-state index contributed by atoms with van der Waals surface area (Å²) < 4.78 is 0. The molecule has 5 heteroatoms. The van der Waals surface area contributed by atoms with Crippen molar-refractivity contribution in [3.8, 4) is 6.07 Å². The molecule has 0 atom stereocenters. The number of anilines is 1. The molecular formula is C16H11ClN2O2. The average molecular weight is 299 g/mol. The standard InChI is InChI=1S/C16H11ClN2O2/c17-12-7-4-8-13(9-12)19-16(21)14(10-18)15(20)11-5-2-1-3-6-11/h1-9,20H,(H,19,21)/b15-14-. The Kier molecular flexibility index (Phi) is 4.60. The summed E-state index contributed by atoms with van der Waals surface area (Å²) >= 11 is 5.82. The molecule has 104 valence electrons. The number of aliphatic hydroxyl groups excluding tert-OH is 1. The first kappa shape index (κ1) is 14.6. The maximum absolute atomic E-state index is 12.1. The van der Waals surface area contributed by atoms with E-state index in [1.807, 2.05) is 0 Å². The Balaban J connectivity index is 2.29. The van der Waals surface area contributed by atoms with Crippen LogP contribution in [0.1, 0.15) is 5.56 Å². The van der Waals surface area contributed by atoms with Gasteiger partial charge in [-0.05, 0) is 18.2 Å². The highest BCUT2D eigenvalue weighted by molar-refractivity contribution is 6.31. The van der Waals surface area contributed by atoms with E-state index in [0.717, 1.165) is 0 Å². The molecule has 0 aromatic heterocycles. The van der Waals surface area contributed by atoms with E-state index in [2.05, 4.69) is 5.32 Å². The van der Waals surface area contributed by atoms with Crippen molar-refractivity contribution in [3.05, 3.63) is 70.8 Å². The summed E-state index contributed by atoms with van der Waals surface area (Å²) in [6.45, 7) is 0. The second-order valence-corrected chi connectivity index (χ2v) is 4.60. The summed E-state index contributed by atoms with van der Waals surface area (Å²) in [4.78, 5) is 12.1. The molecule has 21 heavy (non-hydrogen) atoms. The third-order valence-electron chi connectivity index (χ3n) is 2.71. The number of hydrogen-bond donors (Lipinski definition) is 2. The monoisotopic (exact) mass is 298 g/mol. The van der Waals surface area contributed by atoms with Gasteiger partial charge in [-0.25, -0.2) is 0 Å². The SMILES string of the molecule is N#C/C(C(=O)Nc1cccc(Cl)c1)=C(/O)c1ccccc1. The Labute approximate surface area is 126 Å². The summed E-state index contributed by atoms with van der Waals surface area (Å²) in [7, 11) is 0. The third-order valence-corrected chi connectivity index (χ3v) is 2.94. The summed E-state index contributed by atoms with van der Waals surface area (Å²) in [5.41, 5.74) is 0.484. The lowest BCUT2D eigenvalue weighted by Crippen LogP contribution is -2.15. The summed E-state index contributed by atoms with van der Waals surface area (Å²) in [6, 6.07) is 16.6. The molecule has 4 nitrogen and oxygen atoms in total. The van der Waals surface area contributed by atoms with Gasteiger partial charge in [-0.1, -0.05) is 48.0 Å². The van der Waals surface area contributed by atoms with Crippen LogP contribution in [0.3, 0.4) is 0 Å². The Morgan fingerprint density at radius 1 is 1.14 bits per heavy atom. The third kappa shape index (κ3) is 3.62. The van der Waals surface area contributed by atoms with Crippen LogP contribution in [-0.4, -0.2) is 11.0 Å².